The average Bonchev–Trinajstić information content (AvgIpc) is 3.28. The molecule has 192 valence electrons. The number of nitrogens with zero attached hydrogens (tertiary/aromatic N) is 7. The highest BCUT2D eigenvalue weighted by Crippen LogP contribution is 2.39. The van der Waals surface area contributed by atoms with E-state index in [1.807, 2.05) is 17.8 Å². The van der Waals surface area contributed by atoms with Crippen LogP contribution >= 0.6 is 11.3 Å². The van der Waals surface area contributed by atoms with E-state index < -0.39 is 11.6 Å². The molecule has 11 heteroatoms. The van der Waals surface area contributed by atoms with E-state index >= 15 is 0 Å². The zero-order valence-electron chi connectivity index (χ0n) is 20.5. The molecular weight excluding hydrogens is 496 g/mol. The van der Waals surface area contributed by atoms with Gasteiger partial charge in [-0.25, -0.2) is 13.8 Å². The second-order valence-corrected chi connectivity index (χ2v) is 11.1. The van der Waals surface area contributed by atoms with E-state index in [0.717, 1.165) is 42.7 Å². The van der Waals surface area contributed by atoms with Crippen molar-refractivity contribution >= 4 is 32.8 Å². The number of halogens is 2. The Morgan fingerprint density at radius 1 is 1.03 bits per heavy atom. The third kappa shape index (κ3) is 4.33. The zero-order chi connectivity index (χ0) is 25.1. The molecule has 0 spiro atoms. The van der Waals surface area contributed by atoms with Crippen molar-refractivity contribution < 1.29 is 13.5 Å². The number of benzene rings is 1. The predicted octanol–water partition coefficient (Wildman–Crippen LogP) is 5.13. The number of thiazole rings is 1. The zero-order valence-corrected chi connectivity index (χ0v) is 21.3. The second kappa shape index (κ2) is 8.98. The SMILES string of the molecule is C[C@@H]1CN(c2nc(-c3ccc(F)cc3F)c3sc(N4CCCC4)nc3n2)C[C@H](c2cnn(C3CC3)c2)O1. The van der Waals surface area contributed by atoms with Crippen molar-refractivity contribution in [3.8, 4) is 11.3 Å². The molecule has 2 saturated heterocycles. The van der Waals surface area contributed by atoms with Gasteiger partial charge < -0.3 is 14.5 Å². The summed E-state index contributed by atoms with van der Waals surface area (Å²) in [6, 6.07) is 4.11. The lowest BCUT2D eigenvalue weighted by Crippen LogP contribution is -2.43. The predicted molar refractivity (Wildman–Crippen MR) is 138 cm³/mol. The summed E-state index contributed by atoms with van der Waals surface area (Å²) in [6.45, 7) is 5.04. The quantitative estimate of drug-likeness (QED) is 0.359. The van der Waals surface area contributed by atoms with Crippen molar-refractivity contribution in [3.63, 3.8) is 0 Å². The van der Waals surface area contributed by atoms with E-state index in [9.17, 15) is 8.78 Å². The minimum Gasteiger partial charge on any atom is -0.367 e. The van der Waals surface area contributed by atoms with E-state index in [0.29, 0.717) is 41.1 Å². The molecule has 1 saturated carbocycles. The van der Waals surface area contributed by atoms with Gasteiger partial charge in [-0.1, -0.05) is 11.3 Å². The standard InChI is InChI=1S/C26H27F2N7OS/c1-15-12-34(14-21(36-15)16-11-29-35(13-16)18-5-6-18)25-30-22(19-7-4-17(27)10-20(19)28)23-24(31-25)32-26(37-23)33-8-2-3-9-33/h4,7,10-11,13,15,18,21H,2-3,5-6,8-9,12,14H2,1H3/t15-,21-/m1/s1. The minimum absolute atomic E-state index is 0.0658. The van der Waals surface area contributed by atoms with Gasteiger partial charge in [-0.05, 0) is 44.7 Å². The topological polar surface area (TPSA) is 72.2 Å². The number of anilines is 2. The molecule has 0 amide bonds. The number of aromatic nitrogens is 5. The number of morpholine rings is 1. The van der Waals surface area contributed by atoms with Crippen LogP contribution < -0.4 is 9.80 Å². The Labute approximate surface area is 216 Å². The molecule has 3 fully saturated rings. The lowest BCUT2D eigenvalue weighted by molar-refractivity contribution is -0.0178. The summed E-state index contributed by atoms with van der Waals surface area (Å²) < 4.78 is 37.7. The average molecular weight is 524 g/mol. The van der Waals surface area contributed by atoms with Gasteiger partial charge in [0.15, 0.2) is 10.8 Å². The van der Waals surface area contributed by atoms with Crippen molar-refractivity contribution in [2.75, 3.05) is 36.0 Å². The van der Waals surface area contributed by atoms with Crippen LogP contribution in [0.2, 0.25) is 0 Å². The van der Waals surface area contributed by atoms with Crippen molar-refractivity contribution in [3.05, 3.63) is 47.8 Å². The fourth-order valence-corrected chi connectivity index (χ4v) is 6.27. The van der Waals surface area contributed by atoms with E-state index in [1.165, 1.54) is 36.3 Å². The molecule has 2 aliphatic heterocycles. The van der Waals surface area contributed by atoms with Gasteiger partial charge in [0.05, 0.1) is 30.6 Å². The normalized spacial score (nSPS) is 22.4. The number of ether oxygens (including phenoxy) is 1. The number of fused-ring (bicyclic) bond motifs is 1. The number of rotatable bonds is 5. The summed E-state index contributed by atoms with van der Waals surface area (Å²) in [6.07, 6.45) is 8.28. The fourth-order valence-electron chi connectivity index (χ4n) is 5.21. The van der Waals surface area contributed by atoms with Crippen molar-refractivity contribution in [2.45, 2.75) is 50.9 Å². The van der Waals surface area contributed by atoms with Gasteiger partial charge in [-0.2, -0.15) is 15.1 Å². The van der Waals surface area contributed by atoms with Crippen molar-refractivity contribution in [2.24, 2.45) is 0 Å². The Morgan fingerprint density at radius 3 is 2.65 bits per heavy atom. The minimum atomic E-state index is -0.650. The molecule has 5 heterocycles. The molecule has 0 bridgehead atoms. The summed E-state index contributed by atoms with van der Waals surface area (Å²) in [7, 11) is 0. The first kappa shape index (κ1) is 23.0. The molecule has 3 aromatic heterocycles. The molecular formula is C26H27F2N7OS. The largest absolute Gasteiger partial charge is 0.367 e. The van der Waals surface area contributed by atoms with Crippen LogP contribution in [0.3, 0.4) is 0 Å². The summed E-state index contributed by atoms with van der Waals surface area (Å²) >= 11 is 1.47. The lowest BCUT2D eigenvalue weighted by Gasteiger charge is -2.36. The highest BCUT2D eigenvalue weighted by atomic mass is 32.1. The van der Waals surface area contributed by atoms with E-state index in [2.05, 4.69) is 21.1 Å². The molecule has 0 radical (unpaired) electrons. The number of hydrogen-bond donors (Lipinski definition) is 0. The van der Waals surface area contributed by atoms with Gasteiger partial charge >= 0.3 is 0 Å². The smallest absolute Gasteiger partial charge is 0.228 e. The summed E-state index contributed by atoms with van der Waals surface area (Å²) in [4.78, 5) is 18.9. The molecule has 1 aromatic carbocycles. The third-order valence-corrected chi connectivity index (χ3v) is 8.36. The number of hydrogen-bond acceptors (Lipinski definition) is 8. The van der Waals surface area contributed by atoms with Crippen LogP contribution in [0.5, 0.6) is 0 Å². The maximum absolute atomic E-state index is 15.0. The maximum atomic E-state index is 15.0. The van der Waals surface area contributed by atoms with Gasteiger partial charge in [0.2, 0.25) is 5.95 Å². The Balaban J connectivity index is 1.29. The van der Waals surface area contributed by atoms with E-state index in [-0.39, 0.29) is 17.8 Å². The van der Waals surface area contributed by atoms with Crippen LogP contribution in [0, 0.1) is 11.6 Å². The Kier molecular flexibility index (Phi) is 5.58. The maximum Gasteiger partial charge on any atom is 0.228 e. The van der Waals surface area contributed by atoms with Gasteiger partial charge in [-0.3, -0.25) is 4.68 Å². The third-order valence-electron chi connectivity index (χ3n) is 7.25. The first-order valence-electron chi connectivity index (χ1n) is 12.9. The summed E-state index contributed by atoms with van der Waals surface area (Å²) in [5.74, 6) is -0.799. The summed E-state index contributed by atoms with van der Waals surface area (Å²) in [5.41, 5.74) is 2.25. The molecule has 37 heavy (non-hydrogen) atoms. The van der Waals surface area contributed by atoms with E-state index in [1.54, 1.807) is 0 Å². The molecule has 0 N–H and O–H groups in total. The highest BCUT2D eigenvalue weighted by molar-refractivity contribution is 7.22. The first-order valence-corrected chi connectivity index (χ1v) is 13.7. The Morgan fingerprint density at radius 2 is 1.86 bits per heavy atom. The van der Waals surface area contributed by atoms with E-state index in [4.69, 9.17) is 19.7 Å². The molecule has 3 aliphatic rings. The van der Waals surface area contributed by atoms with Crippen LogP contribution in [-0.2, 0) is 4.74 Å². The molecule has 2 atom stereocenters. The second-order valence-electron chi connectivity index (χ2n) is 10.2. The van der Waals surface area contributed by atoms with Crippen LogP contribution in [0.1, 0.15) is 50.3 Å². The summed E-state index contributed by atoms with van der Waals surface area (Å²) in [5, 5.41) is 5.39. The molecule has 1 aliphatic carbocycles. The molecule has 4 aromatic rings. The molecule has 7 rings (SSSR count). The van der Waals surface area contributed by atoms with Gasteiger partial charge in [-0.15, -0.1) is 0 Å². The van der Waals surface area contributed by atoms with Crippen LogP contribution in [0.15, 0.2) is 30.6 Å². The Bertz CT molecular complexity index is 1460. The molecule has 8 nitrogen and oxygen atoms in total. The van der Waals surface area contributed by atoms with Crippen molar-refractivity contribution in [1.29, 1.82) is 0 Å². The fraction of sp³-hybridized carbons (Fsp3) is 0.462. The monoisotopic (exact) mass is 523 g/mol. The lowest BCUT2D eigenvalue weighted by atomic mass is 10.1. The van der Waals surface area contributed by atoms with Crippen LogP contribution in [0.4, 0.5) is 19.9 Å². The Hall–Kier alpha value is -3.18. The van der Waals surface area contributed by atoms with Gasteiger partial charge in [0.1, 0.15) is 22.4 Å². The van der Waals surface area contributed by atoms with Crippen LogP contribution in [0.25, 0.3) is 21.6 Å². The van der Waals surface area contributed by atoms with Gasteiger partial charge in [0, 0.05) is 43.0 Å². The van der Waals surface area contributed by atoms with Gasteiger partial charge in [0.25, 0.3) is 0 Å². The molecule has 0 unspecified atom stereocenters. The van der Waals surface area contributed by atoms with Crippen LogP contribution in [-0.4, -0.2) is 57.0 Å². The first-order chi connectivity index (χ1) is 18.0. The van der Waals surface area contributed by atoms with Crippen molar-refractivity contribution in [1.82, 2.24) is 24.7 Å². The highest BCUT2D eigenvalue weighted by Gasteiger charge is 2.32.